The molecule has 2 heterocycles. The molecule has 0 spiro atoms. The van der Waals surface area contributed by atoms with Crippen LogP contribution in [-0.2, 0) is 0 Å². The Morgan fingerprint density at radius 3 is 2.40 bits per heavy atom. The van der Waals surface area contributed by atoms with E-state index < -0.39 is 0 Å². The average molecular weight is 278 g/mol. The summed E-state index contributed by atoms with van der Waals surface area (Å²) in [5, 5.41) is 0. The van der Waals surface area contributed by atoms with Crippen LogP contribution in [-0.4, -0.2) is 40.6 Å². The van der Waals surface area contributed by atoms with E-state index in [0.717, 1.165) is 19.5 Å². The lowest BCUT2D eigenvalue weighted by Gasteiger charge is -2.35. The molecule has 1 aliphatic heterocycles. The van der Waals surface area contributed by atoms with E-state index in [4.69, 9.17) is 5.73 Å². The van der Waals surface area contributed by atoms with Crippen LogP contribution in [0.5, 0.6) is 0 Å². The van der Waals surface area contributed by atoms with Gasteiger partial charge in [-0.05, 0) is 39.5 Å². The van der Waals surface area contributed by atoms with E-state index in [1.807, 2.05) is 7.05 Å². The highest BCUT2D eigenvalue weighted by molar-refractivity contribution is 5.44. The fraction of sp³-hybridized carbons (Fsp3) is 0.786. The number of hydrogen-bond acceptors (Lipinski definition) is 6. The van der Waals surface area contributed by atoms with Crippen LogP contribution in [0.4, 0.5) is 17.8 Å². The van der Waals surface area contributed by atoms with Gasteiger partial charge in [0, 0.05) is 25.7 Å². The van der Waals surface area contributed by atoms with Gasteiger partial charge in [0.05, 0.1) is 0 Å². The maximum Gasteiger partial charge on any atom is 0.232 e. The summed E-state index contributed by atoms with van der Waals surface area (Å²) >= 11 is 0. The third-order valence-corrected chi connectivity index (χ3v) is 4.34. The van der Waals surface area contributed by atoms with E-state index in [2.05, 4.69) is 45.5 Å². The van der Waals surface area contributed by atoms with E-state index >= 15 is 0 Å². The lowest BCUT2D eigenvalue weighted by molar-refractivity contribution is 0.462. The summed E-state index contributed by atoms with van der Waals surface area (Å²) in [7, 11) is 2.01. The number of hydrogen-bond donors (Lipinski definition) is 1. The largest absolute Gasteiger partial charge is 0.368 e. The fourth-order valence-corrected chi connectivity index (χ4v) is 2.26. The maximum atomic E-state index is 5.87. The van der Waals surface area contributed by atoms with Gasteiger partial charge in [0.1, 0.15) is 0 Å². The van der Waals surface area contributed by atoms with Crippen LogP contribution in [0.2, 0.25) is 0 Å². The number of nitrogens with two attached hydrogens (primary N) is 1. The first kappa shape index (κ1) is 14.8. The van der Waals surface area contributed by atoms with Crippen molar-refractivity contribution in [1.29, 1.82) is 0 Å². The zero-order valence-electron chi connectivity index (χ0n) is 13.1. The van der Waals surface area contributed by atoms with Crippen molar-refractivity contribution in [3.05, 3.63) is 0 Å². The van der Waals surface area contributed by atoms with Gasteiger partial charge in [-0.3, -0.25) is 0 Å². The van der Waals surface area contributed by atoms with E-state index in [1.54, 1.807) is 0 Å². The first-order chi connectivity index (χ1) is 9.44. The van der Waals surface area contributed by atoms with E-state index in [1.165, 1.54) is 19.3 Å². The SMILES string of the molecule is CCC(C)(C)N(C)c1nc(N)nc(N2CCCCC2)n1. The molecule has 0 unspecified atom stereocenters. The Kier molecular flexibility index (Phi) is 4.30. The van der Waals surface area contributed by atoms with Crippen LogP contribution in [0.3, 0.4) is 0 Å². The van der Waals surface area contributed by atoms with Crippen LogP contribution in [0.25, 0.3) is 0 Å². The van der Waals surface area contributed by atoms with E-state index in [9.17, 15) is 0 Å². The standard InChI is InChI=1S/C14H26N6/c1-5-14(2,3)19(4)12-16-11(15)17-13(18-12)20-9-7-6-8-10-20/h5-10H2,1-4H3,(H2,15,16,17,18). The zero-order chi connectivity index (χ0) is 14.8. The second kappa shape index (κ2) is 5.81. The highest BCUT2D eigenvalue weighted by Crippen LogP contribution is 2.24. The third kappa shape index (κ3) is 3.11. The number of anilines is 3. The van der Waals surface area contributed by atoms with Crippen LogP contribution < -0.4 is 15.5 Å². The molecule has 0 atom stereocenters. The van der Waals surface area contributed by atoms with Gasteiger partial charge in [-0.15, -0.1) is 0 Å². The molecule has 0 amide bonds. The van der Waals surface area contributed by atoms with E-state index in [0.29, 0.717) is 17.8 Å². The van der Waals surface area contributed by atoms with Gasteiger partial charge in [0.2, 0.25) is 17.8 Å². The van der Waals surface area contributed by atoms with Gasteiger partial charge in [0.25, 0.3) is 0 Å². The molecule has 1 aromatic rings. The zero-order valence-corrected chi connectivity index (χ0v) is 13.1. The molecular formula is C14H26N6. The van der Waals surface area contributed by atoms with Gasteiger partial charge in [-0.1, -0.05) is 6.92 Å². The summed E-state index contributed by atoms with van der Waals surface area (Å²) in [6.07, 6.45) is 4.68. The topological polar surface area (TPSA) is 71.2 Å². The summed E-state index contributed by atoms with van der Waals surface area (Å²) in [4.78, 5) is 17.5. The van der Waals surface area contributed by atoms with Gasteiger partial charge >= 0.3 is 0 Å². The molecule has 112 valence electrons. The summed E-state index contributed by atoms with van der Waals surface area (Å²) < 4.78 is 0. The maximum absolute atomic E-state index is 5.87. The molecule has 0 aliphatic carbocycles. The molecule has 6 nitrogen and oxygen atoms in total. The van der Waals surface area contributed by atoms with Crippen molar-refractivity contribution in [2.24, 2.45) is 0 Å². The Bertz CT molecular complexity index is 453. The first-order valence-electron chi connectivity index (χ1n) is 7.44. The van der Waals surface area contributed by atoms with Crippen molar-refractivity contribution in [3.63, 3.8) is 0 Å². The van der Waals surface area contributed by atoms with Crippen molar-refractivity contribution in [1.82, 2.24) is 15.0 Å². The number of rotatable bonds is 4. The first-order valence-corrected chi connectivity index (χ1v) is 7.44. The molecule has 0 saturated carbocycles. The summed E-state index contributed by atoms with van der Waals surface area (Å²) in [6, 6.07) is 0. The van der Waals surface area contributed by atoms with Gasteiger partial charge in [0.15, 0.2) is 0 Å². The van der Waals surface area contributed by atoms with Crippen molar-refractivity contribution in [3.8, 4) is 0 Å². The highest BCUT2D eigenvalue weighted by atomic mass is 15.4. The van der Waals surface area contributed by atoms with Gasteiger partial charge < -0.3 is 15.5 Å². The monoisotopic (exact) mass is 278 g/mol. The number of piperidine rings is 1. The Hall–Kier alpha value is -1.59. The Morgan fingerprint density at radius 1 is 1.15 bits per heavy atom. The molecule has 0 radical (unpaired) electrons. The minimum Gasteiger partial charge on any atom is -0.368 e. The lowest BCUT2D eigenvalue weighted by Crippen LogP contribution is -2.42. The quantitative estimate of drug-likeness (QED) is 0.909. The molecule has 1 fully saturated rings. The van der Waals surface area contributed by atoms with Crippen molar-refractivity contribution in [2.45, 2.75) is 52.0 Å². The lowest BCUT2D eigenvalue weighted by atomic mass is 10.0. The number of nitrogen functional groups attached to an aromatic ring is 1. The average Bonchev–Trinajstić information content (AvgIpc) is 2.46. The summed E-state index contributed by atoms with van der Waals surface area (Å²) in [5.41, 5.74) is 5.87. The molecule has 2 rings (SSSR count). The van der Waals surface area contributed by atoms with Crippen molar-refractivity contribution >= 4 is 17.8 Å². The predicted molar refractivity (Wildman–Crippen MR) is 83.1 cm³/mol. The second-order valence-electron chi connectivity index (χ2n) is 6.07. The Labute approximate surface area is 121 Å². The molecule has 20 heavy (non-hydrogen) atoms. The van der Waals surface area contributed by atoms with Crippen molar-refractivity contribution in [2.75, 3.05) is 35.7 Å². The molecule has 0 bridgehead atoms. The van der Waals surface area contributed by atoms with Crippen LogP contribution in [0.1, 0.15) is 46.5 Å². The van der Waals surface area contributed by atoms with Crippen molar-refractivity contribution < 1.29 is 0 Å². The Morgan fingerprint density at radius 2 is 1.80 bits per heavy atom. The normalized spacial score (nSPS) is 16.3. The molecule has 1 aromatic heterocycles. The number of nitrogens with zero attached hydrogens (tertiary/aromatic N) is 5. The molecule has 0 aromatic carbocycles. The van der Waals surface area contributed by atoms with Crippen LogP contribution in [0.15, 0.2) is 0 Å². The van der Waals surface area contributed by atoms with Gasteiger partial charge in [-0.25, -0.2) is 0 Å². The van der Waals surface area contributed by atoms with Gasteiger partial charge in [-0.2, -0.15) is 15.0 Å². The van der Waals surface area contributed by atoms with E-state index in [-0.39, 0.29) is 5.54 Å². The third-order valence-electron chi connectivity index (χ3n) is 4.34. The molecule has 1 saturated heterocycles. The Balaban J connectivity index is 2.28. The molecule has 6 heteroatoms. The highest BCUT2D eigenvalue weighted by Gasteiger charge is 2.25. The smallest absolute Gasteiger partial charge is 0.232 e. The second-order valence-corrected chi connectivity index (χ2v) is 6.07. The molecule has 2 N–H and O–H groups in total. The summed E-state index contributed by atoms with van der Waals surface area (Å²) in [5.74, 6) is 1.67. The predicted octanol–water partition coefficient (Wildman–Crippen LogP) is 2.07. The van der Waals surface area contributed by atoms with Crippen LogP contribution in [0, 0.1) is 0 Å². The minimum absolute atomic E-state index is 0.00698. The number of aromatic nitrogens is 3. The molecule has 1 aliphatic rings. The summed E-state index contributed by atoms with van der Waals surface area (Å²) in [6.45, 7) is 8.52. The molecular weight excluding hydrogens is 252 g/mol. The fourth-order valence-electron chi connectivity index (χ4n) is 2.26. The minimum atomic E-state index is -0.00698. The van der Waals surface area contributed by atoms with Crippen LogP contribution >= 0.6 is 0 Å².